The molecule has 0 aromatic carbocycles. The van der Waals surface area contributed by atoms with E-state index in [1.165, 1.54) is 29.9 Å². The Labute approximate surface area is 117 Å². The van der Waals surface area contributed by atoms with Crippen LogP contribution in [0.5, 0.6) is 0 Å². The van der Waals surface area contributed by atoms with E-state index in [4.69, 9.17) is 4.98 Å². The van der Waals surface area contributed by atoms with Gasteiger partial charge in [-0.05, 0) is 38.4 Å². The maximum Gasteiger partial charge on any atom is 0.133 e. The van der Waals surface area contributed by atoms with E-state index in [1.54, 1.807) is 0 Å². The first kappa shape index (κ1) is 14.3. The Morgan fingerprint density at radius 2 is 2.16 bits per heavy atom. The van der Waals surface area contributed by atoms with Gasteiger partial charge in [-0.2, -0.15) is 0 Å². The Kier molecular flexibility index (Phi) is 4.46. The van der Waals surface area contributed by atoms with Gasteiger partial charge in [0, 0.05) is 30.9 Å². The summed E-state index contributed by atoms with van der Waals surface area (Å²) in [4.78, 5) is 9.66. The number of fused-ring (bicyclic) bond motifs is 1. The lowest BCUT2D eigenvalue weighted by atomic mass is 9.97. The minimum atomic E-state index is 0.493. The SMILES string of the molecule is CCCN(C)C1CCN(C)c2nc(C(C)C)ccc21. The normalized spacial score (nSPS) is 19.1. The molecule has 1 atom stereocenters. The first-order chi connectivity index (χ1) is 9.04. The molecule has 1 unspecified atom stereocenters. The fourth-order valence-electron chi connectivity index (χ4n) is 2.90. The lowest BCUT2D eigenvalue weighted by molar-refractivity contribution is 0.229. The van der Waals surface area contributed by atoms with Crippen LogP contribution in [0.1, 0.15) is 56.8 Å². The molecule has 1 aliphatic heterocycles. The molecule has 0 saturated heterocycles. The van der Waals surface area contributed by atoms with E-state index in [2.05, 4.69) is 56.8 Å². The van der Waals surface area contributed by atoms with Gasteiger partial charge in [-0.25, -0.2) is 4.98 Å². The number of pyridine rings is 1. The summed E-state index contributed by atoms with van der Waals surface area (Å²) in [5.74, 6) is 1.68. The molecule has 106 valence electrons. The molecule has 0 radical (unpaired) electrons. The number of anilines is 1. The summed E-state index contributed by atoms with van der Waals surface area (Å²) in [5, 5.41) is 0. The molecule has 0 amide bonds. The predicted molar refractivity (Wildman–Crippen MR) is 81.9 cm³/mol. The molecule has 0 fully saturated rings. The molecule has 1 aromatic rings. The fourth-order valence-corrected chi connectivity index (χ4v) is 2.90. The highest BCUT2D eigenvalue weighted by Gasteiger charge is 2.27. The van der Waals surface area contributed by atoms with Gasteiger partial charge < -0.3 is 4.90 Å². The summed E-state index contributed by atoms with van der Waals surface area (Å²) in [6.45, 7) is 8.91. The first-order valence-corrected chi connectivity index (χ1v) is 7.46. The summed E-state index contributed by atoms with van der Waals surface area (Å²) in [7, 11) is 4.39. The van der Waals surface area contributed by atoms with Crippen LogP contribution >= 0.6 is 0 Å². The van der Waals surface area contributed by atoms with Crippen LogP contribution < -0.4 is 4.90 Å². The highest BCUT2D eigenvalue weighted by Crippen LogP contribution is 2.35. The van der Waals surface area contributed by atoms with E-state index in [-0.39, 0.29) is 0 Å². The van der Waals surface area contributed by atoms with E-state index in [0.717, 1.165) is 13.1 Å². The minimum absolute atomic E-state index is 0.493. The molecule has 2 rings (SSSR count). The number of nitrogens with zero attached hydrogens (tertiary/aromatic N) is 3. The van der Waals surface area contributed by atoms with Crippen molar-refractivity contribution in [3.8, 4) is 0 Å². The van der Waals surface area contributed by atoms with Crippen LogP contribution in [-0.4, -0.2) is 37.1 Å². The van der Waals surface area contributed by atoms with Crippen molar-refractivity contribution in [2.24, 2.45) is 0 Å². The fraction of sp³-hybridized carbons (Fsp3) is 0.688. The van der Waals surface area contributed by atoms with Crippen molar-refractivity contribution >= 4 is 5.82 Å². The average molecular weight is 261 g/mol. The van der Waals surface area contributed by atoms with Crippen LogP contribution in [0, 0.1) is 0 Å². The van der Waals surface area contributed by atoms with E-state index >= 15 is 0 Å². The topological polar surface area (TPSA) is 19.4 Å². The molecule has 0 saturated carbocycles. The molecule has 0 bridgehead atoms. The predicted octanol–water partition coefficient (Wildman–Crippen LogP) is 3.43. The Morgan fingerprint density at radius 1 is 1.42 bits per heavy atom. The van der Waals surface area contributed by atoms with Gasteiger partial charge >= 0.3 is 0 Å². The molecular weight excluding hydrogens is 234 g/mol. The highest BCUT2D eigenvalue weighted by atomic mass is 15.2. The van der Waals surface area contributed by atoms with Gasteiger partial charge in [0.05, 0.1) is 0 Å². The highest BCUT2D eigenvalue weighted by molar-refractivity contribution is 5.51. The van der Waals surface area contributed by atoms with Gasteiger partial charge in [0.25, 0.3) is 0 Å². The lowest BCUT2D eigenvalue weighted by Crippen LogP contribution is -2.35. The lowest BCUT2D eigenvalue weighted by Gasteiger charge is -2.37. The zero-order chi connectivity index (χ0) is 14.0. The van der Waals surface area contributed by atoms with Crippen molar-refractivity contribution in [2.45, 2.75) is 45.6 Å². The van der Waals surface area contributed by atoms with Crippen LogP contribution in [0.15, 0.2) is 12.1 Å². The van der Waals surface area contributed by atoms with Crippen molar-refractivity contribution in [3.63, 3.8) is 0 Å². The zero-order valence-corrected chi connectivity index (χ0v) is 13.0. The largest absolute Gasteiger partial charge is 0.359 e. The summed E-state index contributed by atoms with van der Waals surface area (Å²) in [5.41, 5.74) is 2.60. The van der Waals surface area contributed by atoms with Crippen molar-refractivity contribution < 1.29 is 0 Å². The summed E-state index contributed by atoms with van der Waals surface area (Å²) in [6.07, 6.45) is 2.40. The maximum atomic E-state index is 4.89. The van der Waals surface area contributed by atoms with Crippen LogP contribution in [0.3, 0.4) is 0 Å². The van der Waals surface area contributed by atoms with E-state index < -0.39 is 0 Å². The third-order valence-electron chi connectivity index (χ3n) is 4.09. The molecule has 0 spiro atoms. The summed E-state index contributed by atoms with van der Waals surface area (Å²) < 4.78 is 0. The zero-order valence-electron chi connectivity index (χ0n) is 13.0. The number of hydrogen-bond donors (Lipinski definition) is 0. The molecule has 0 aliphatic carbocycles. The molecule has 3 heteroatoms. The van der Waals surface area contributed by atoms with E-state index in [1.807, 2.05) is 0 Å². The van der Waals surface area contributed by atoms with E-state index in [9.17, 15) is 0 Å². The molecule has 2 heterocycles. The quantitative estimate of drug-likeness (QED) is 0.828. The maximum absolute atomic E-state index is 4.89. The molecular formula is C16H27N3. The van der Waals surface area contributed by atoms with Crippen LogP contribution in [0.2, 0.25) is 0 Å². The Bertz CT molecular complexity index is 428. The van der Waals surface area contributed by atoms with Crippen molar-refractivity contribution in [3.05, 3.63) is 23.4 Å². The molecule has 1 aromatic heterocycles. The molecule has 3 nitrogen and oxygen atoms in total. The Hall–Kier alpha value is -1.09. The third kappa shape index (κ3) is 2.92. The van der Waals surface area contributed by atoms with Crippen LogP contribution in [-0.2, 0) is 0 Å². The summed E-state index contributed by atoms with van der Waals surface area (Å²) >= 11 is 0. The van der Waals surface area contributed by atoms with Crippen molar-refractivity contribution in [2.75, 3.05) is 32.1 Å². The minimum Gasteiger partial charge on any atom is -0.359 e. The molecule has 1 aliphatic rings. The number of aromatic nitrogens is 1. The monoisotopic (exact) mass is 261 g/mol. The smallest absolute Gasteiger partial charge is 0.133 e. The Morgan fingerprint density at radius 3 is 2.79 bits per heavy atom. The van der Waals surface area contributed by atoms with Crippen molar-refractivity contribution in [1.29, 1.82) is 0 Å². The second kappa shape index (κ2) is 5.91. The second-order valence-electron chi connectivity index (χ2n) is 6.01. The van der Waals surface area contributed by atoms with Crippen molar-refractivity contribution in [1.82, 2.24) is 9.88 Å². The first-order valence-electron chi connectivity index (χ1n) is 7.46. The number of rotatable bonds is 4. The van der Waals surface area contributed by atoms with Crippen LogP contribution in [0.25, 0.3) is 0 Å². The van der Waals surface area contributed by atoms with Gasteiger partial charge in [0.15, 0.2) is 0 Å². The summed E-state index contributed by atoms with van der Waals surface area (Å²) in [6, 6.07) is 5.03. The van der Waals surface area contributed by atoms with Gasteiger partial charge in [0.2, 0.25) is 0 Å². The molecule has 0 N–H and O–H groups in total. The number of hydrogen-bond acceptors (Lipinski definition) is 3. The second-order valence-corrected chi connectivity index (χ2v) is 6.01. The third-order valence-corrected chi connectivity index (χ3v) is 4.09. The van der Waals surface area contributed by atoms with Crippen LogP contribution in [0.4, 0.5) is 5.82 Å². The van der Waals surface area contributed by atoms with Gasteiger partial charge in [-0.15, -0.1) is 0 Å². The van der Waals surface area contributed by atoms with Gasteiger partial charge in [-0.1, -0.05) is 26.8 Å². The Balaban J connectivity index is 2.34. The van der Waals surface area contributed by atoms with Gasteiger partial charge in [0.1, 0.15) is 5.82 Å². The standard InChI is InChI=1S/C16H27N3/c1-6-10-18(4)15-9-11-19(5)16-13(15)7-8-14(17-16)12(2)3/h7-8,12,15H,6,9-11H2,1-5H3. The average Bonchev–Trinajstić information content (AvgIpc) is 2.39. The molecule has 19 heavy (non-hydrogen) atoms. The van der Waals surface area contributed by atoms with Gasteiger partial charge in [-0.3, -0.25) is 4.90 Å². The van der Waals surface area contributed by atoms with E-state index in [0.29, 0.717) is 12.0 Å².